The number of hydrogen-bond donors (Lipinski definition) is 3. The number of nitrogens with one attached hydrogen (secondary N) is 1. The Balaban J connectivity index is 0.000000383. The minimum atomic E-state index is -4.67. The minimum Gasteiger partial charge on any atom is -0.367 e. The van der Waals surface area contributed by atoms with Crippen LogP contribution in [-0.4, -0.2) is 46.5 Å². The van der Waals surface area contributed by atoms with E-state index in [9.17, 15) is 0 Å². The van der Waals surface area contributed by atoms with Crippen molar-refractivity contribution in [3.05, 3.63) is 48.8 Å². The Hall–Kier alpha value is -1.41. The van der Waals surface area contributed by atoms with Crippen molar-refractivity contribution in [2.45, 2.75) is 25.3 Å². The van der Waals surface area contributed by atoms with Crippen LogP contribution < -0.4 is 0 Å². The molecule has 1 aliphatic rings. The molecular weight excluding hydrogens is 292 g/mol. The summed E-state index contributed by atoms with van der Waals surface area (Å²) in [6.07, 6.45) is 11.8. The van der Waals surface area contributed by atoms with Crippen LogP contribution in [0.15, 0.2) is 37.7 Å². The predicted molar refractivity (Wildman–Crippen MR) is 82.8 cm³/mol. The quantitative estimate of drug-likeness (QED) is 0.570. The molecule has 1 heterocycles. The zero-order chi connectivity index (χ0) is 15.9. The Bertz CT molecular complexity index is 547. The number of rotatable bonds is 5. The van der Waals surface area contributed by atoms with Crippen LogP contribution in [0.25, 0.3) is 0 Å². The summed E-state index contributed by atoms with van der Waals surface area (Å²) in [4.78, 5) is 5.66. The van der Waals surface area contributed by atoms with Gasteiger partial charge in [-0.3, -0.25) is 14.0 Å². The number of H-pyrrole nitrogens is 1. The highest BCUT2D eigenvalue weighted by Crippen LogP contribution is 2.24. The van der Waals surface area contributed by atoms with Crippen molar-refractivity contribution in [3.8, 4) is 0 Å². The Kier molecular flexibility index (Phi) is 6.83. The zero-order valence-electron chi connectivity index (χ0n) is 11.9. The molecule has 0 saturated carbocycles. The lowest BCUT2D eigenvalue weighted by Crippen LogP contribution is -2.39. The van der Waals surface area contributed by atoms with Crippen molar-refractivity contribution in [1.82, 2.24) is 9.88 Å². The lowest BCUT2D eigenvalue weighted by molar-refractivity contribution is 0.220. The number of fused-ring (bicyclic) bond motifs is 1. The fraction of sp³-hybridized carbons (Fsp3) is 0.429. The van der Waals surface area contributed by atoms with Gasteiger partial charge in [0.1, 0.15) is 0 Å². The van der Waals surface area contributed by atoms with Crippen molar-refractivity contribution in [3.63, 3.8) is 0 Å². The average Bonchev–Trinajstić information content (AvgIpc) is 2.83. The van der Waals surface area contributed by atoms with Gasteiger partial charge in [0.2, 0.25) is 0 Å². The van der Waals surface area contributed by atoms with Gasteiger partial charge in [0.25, 0.3) is 0 Å². The lowest BCUT2D eigenvalue weighted by Gasteiger charge is -2.32. The topological polar surface area (TPSA) is 93.6 Å². The summed E-state index contributed by atoms with van der Waals surface area (Å²) in [6, 6.07) is 0.638. The third-order valence-electron chi connectivity index (χ3n) is 3.37. The Morgan fingerprint density at radius 1 is 1.24 bits per heavy atom. The molecule has 1 aromatic rings. The number of aryl methyl sites for hydroxylation is 1. The van der Waals surface area contributed by atoms with Crippen LogP contribution in [0.5, 0.6) is 0 Å². The van der Waals surface area contributed by atoms with E-state index < -0.39 is 10.4 Å². The molecule has 1 aliphatic carbocycles. The van der Waals surface area contributed by atoms with Gasteiger partial charge in [0.05, 0.1) is 0 Å². The molecule has 0 aromatic carbocycles. The third-order valence-corrected chi connectivity index (χ3v) is 3.37. The summed E-state index contributed by atoms with van der Waals surface area (Å²) >= 11 is 0. The molecule has 0 aliphatic heterocycles. The second-order valence-corrected chi connectivity index (χ2v) is 5.78. The number of aromatic amines is 1. The first-order valence-corrected chi connectivity index (χ1v) is 8.05. The third kappa shape index (κ3) is 6.72. The minimum absolute atomic E-state index is 0.638. The molecule has 1 atom stereocenters. The van der Waals surface area contributed by atoms with Gasteiger partial charge in [0.15, 0.2) is 0 Å². The highest BCUT2D eigenvalue weighted by atomic mass is 32.3. The highest BCUT2D eigenvalue weighted by molar-refractivity contribution is 7.79. The molecule has 0 amide bonds. The number of hydrogen-bond acceptors (Lipinski definition) is 3. The average molecular weight is 314 g/mol. The van der Waals surface area contributed by atoms with Gasteiger partial charge in [-0.2, -0.15) is 8.42 Å². The maximum atomic E-state index is 8.74. The highest BCUT2D eigenvalue weighted by Gasteiger charge is 2.23. The van der Waals surface area contributed by atoms with Crippen LogP contribution in [0, 0.1) is 0 Å². The Morgan fingerprint density at radius 2 is 1.76 bits per heavy atom. The van der Waals surface area contributed by atoms with E-state index in [1.165, 1.54) is 24.0 Å². The number of aromatic nitrogens is 1. The van der Waals surface area contributed by atoms with Gasteiger partial charge in [0, 0.05) is 31.5 Å². The Morgan fingerprint density at radius 3 is 2.29 bits per heavy atom. The molecule has 6 nitrogen and oxygen atoms in total. The summed E-state index contributed by atoms with van der Waals surface area (Å²) in [6.45, 7) is 9.57. The summed E-state index contributed by atoms with van der Waals surface area (Å²) in [5, 5.41) is 0. The van der Waals surface area contributed by atoms with Crippen molar-refractivity contribution < 1.29 is 17.5 Å². The second-order valence-electron chi connectivity index (χ2n) is 4.88. The predicted octanol–water partition coefficient (Wildman–Crippen LogP) is 1.89. The summed E-state index contributed by atoms with van der Waals surface area (Å²) in [5.41, 5.74) is 2.97. The first kappa shape index (κ1) is 17.6. The van der Waals surface area contributed by atoms with Crippen LogP contribution in [0.1, 0.15) is 17.5 Å². The van der Waals surface area contributed by atoms with E-state index in [0.29, 0.717) is 6.04 Å². The summed E-state index contributed by atoms with van der Waals surface area (Å²) in [5.74, 6) is 0. The molecule has 0 spiro atoms. The molecule has 1 unspecified atom stereocenters. The van der Waals surface area contributed by atoms with Crippen LogP contribution in [0.3, 0.4) is 0 Å². The molecule has 21 heavy (non-hydrogen) atoms. The molecule has 1 aromatic heterocycles. The van der Waals surface area contributed by atoms with E-state index in [-0.39, 0.29) is 0 Å². The monoisotopic (exact) mass is 314 g/mol. The van der Waals surface area contributed by atoms with Crippen LogP contribution in [-0.2, 0) is 23.2 Å². The molecule has 7 heteroatoms. The first-order chi connectivity index (χ1) is 9.85. The molecule has 2 rings (SSSR count). The molecule has 0 fully saturated rings. The Labute approximate surface area is 125 Å². The van der Waals surface area contributed by atoms with E-state index >= 15 is 0 Å². The smallest absolute Gasteiger partial charge is 0.367 e. The maximum Gasteiger partial charge on any atom is 0.394 e. The van der Waals surface area contributed by atoms with E-state index in [4.69, 9.17) is 17.5 Å². The molecule has 118 valence electrons. The summed E-state index contributed by atoms with van der Waals surface area (Å²) in [7, 11) is -4.67. The zero-order valence-corrected chi connectivity index (χ0v) is 12.7. The van der Waals surface area contributed by atoms with Crippen LogP contribution in [0.2, 0.25) is 0 Å². The van der Waals surface area contributed by atoms with Crippen molar-refractivity contribution in [2.75, 3.05) is 13.1 Å². The van der Waals surface area contributed by atoms with E-state index in [0.717, 1.165) is 19.5 Å². The van der Waals surface area contributed by atoms with E-state index in [1.807, 2.05) is 12.2 Å². The van der Waals surface area contributed by atoms with Gasteiger partial charge < -0.3 is 4.98 Å². The van der Waals surface area contributed by atoms with Crippen LogP contribution in [0.4, 0.5) is 0 Å². The lowest BCUT2D eigenvalue weighted by atomic mass is 9.90. The second kappa shape index (κ2) is 8.14. The van der Waals surface area contributed by atoms with Crippen LogP contribution >= 0.6 is 0 Å². The molecule has 3 N–H and O–H groups in total. The molecular formula is C14H22N2O4S. The molecule has 0 bridgehead atoms. The SMILES string of the molecule is C=CCN(CC=C)C1CCc2c[nH]cc2C1.O=S(=O)(O)O. The van der Waals surface area contributed by atoms with Gasteiger partial charge in [-0.1, -0.05) is 12.2 Å². The van der Waals surface area contributed by atoms with Crippen molar-refractivity contribution in [1.29, 1.82) is 0 Å². The standard InChI is InChI=1S/C14H20N2.H2O4S/c1-3-7-16(8-4-2)14-6-5-12-10-15-11-13(12)9-14;1-5(2,3)4/h3-4,10-11,14-15H,1-2,5-9H2;(H2,1,2,3,4). The number of nitrogens with zero attached hydrogens (tertiary/aromatic N) is 1. The first-order valence-electron chi connectivity index (χ1n) is 6.65. The largest absolute Gasteiger partial charge is 0.394 e. The molecule has 0 saturated heterocycles. The van der Waals surface area contributed by atoms with Crippen molar-refractivity contribution >= 4 is 10.4 Å². The van der Waals surface area contributed by atoms with Gasteiger partial charge in [-0.15, -0.1) is 13.2 Å². The fourth-order valence-corrected chi connectivity index (χ4v) is 2.55. The summed E-state index contributed by atoms with van der Waals surface area (Å²) < 4.78 is 31.6. The van der Waals surface area contributed by atoms with Gasteiger partial charge in [-0.25, -0.2) is 0 Å². The maximum absolute atomic E-state index is 8.74. The van der Waals surface area contributed by atoms with E-state index in [1.54, 1.807) is 0 Å². The van der Waals surface area contributed by atoms with Gasteiger partial charge >= 0.3 is 10.4 Å². The normalized spacial score (nSPS) is 17.6. The van der Waals surface area contributed by atoms with E-state index in [2.05, 4.69) is 35.4 Å². The molecule has 0 radical (unpaired) electrons. The van der Waals surface area contributed by atoms with Gasteiger partial charge in [-0.05, 0) is 30.4 Å². The van der Waals surface area contributed by atoms with Crippen molar-refractivity contribution in [2.24, 2.45) is 0 Å². The fourth-order valence-electron chi connectivity index (χ4n) is 2.55.